The number of ether oxygens (including phenoxy) is 1. The predicted octanol–water partition coefficient (Wildman–Crippen LogP) is 5.42. The van der Waals surface area contributed by atoms with Crippen LogP contribution in [-0.2, 0) is 0 Å². The van der Waals surface area contributed by atoms with Gasteiger partial charge >= 0.3 is 6.18 Å². The maximum absolute atomic E-state index is 13.9. The summed E-state index contributed by atoms with van der Waals surface area (Å²) in [4.78, 5) is 12.7. The number of methoxy groups -OCH3 is 1. The molecule has 1 aliphatic rings. The van der Waals surface area contributed by atoms with Gasteiger partial charge in [0.25, 0.3) is 5.91 Å². The molecule has 9 heteroatoms. The first-order valence-electron chi connectivity index (χ1n) is 10.1. The quantitative estimate of drug-likeness (QED) is 0.564. The molecular formula is C23H23F3N4O2. The number of benzene rings is 2. The molecule has 0 fully saturated rings. The lowest BCUT2D eigenvalue weighted by atomic mass is 9.97. The monoisotopic (exact) mass is 444 g/mol. The van der Waals surface area contributed by atoms with Gasteiger partial charge in [-0.25, -0.2) is 4.68 Å². The summed E-state index contributed by atoms with van der Waals surface area (Å²) in [7, 11) is 1.52. The molecule has 4 rings (SSSR count). The molecule has 3 aromatic rings. The molecule has 0 unspecified atom stereocenters. The topological polar surface area (TPSA) is 68.2 Å². The van der Waals surface area contributed by atoms with E-state index in [-0.39, 0.29) is 17.9 Å². The Morgan fingerprint density at radius 1 is 1.16 bits per heavy atom. The number of aromatic nitrogens is 2. The number of carbonyl (C=O) groups is 1. The zero-order valence-electron chi connectivity index (χ0n) is 17.8. The van der Waals surface area contributed by atoms with Crippen molar-refractivity contribution in [2.75, 3.05) is 17.7 Å². The Labute approximate surface area is 183 Å². The third kappa shape index (κ3) is 4.28. The summed E-state index contributed by atoms with van der Waals surface area (Å²) in [6.07, 6.45) is -4.77. The standard InChI is InChI=1S/C23H23F3N4O2/c1-13-4-9-17(14(2)10-13)28-22(31)19-12-21-27-18(15-5-7-16(32-3)8-6-15)11-20(23(24,25)26)30(21)29-19/h4-10,12,18,20,27H,11H2,1-3H3,(H,28,31)/t18-,20-/m0/s1. The first-order chi connectivity index (χ1) is 15.2. The number of nitrogens with one attached hydrogen (secondary N) is 2. The van der Waals surface area contributed by atoms with Crippen molar-refractivity contribution in [3.8, 4) is 5.75 Å². The Morgan fingerprint density at radius 3 is 2.50 bits per heavy atom. The van der Waals surface area contributed by atoms with E-state index in [1.165, 1.54) is 13.2 Å². The van der Waals surface area contributed by atoms with E-state index >= 15 is 0 Å². The van der Waals surface area contributed by atoms with E-state index < -0.39 is 24.2 Å². The van der Waals surface area contributed by atoms with Gasteiger partial charge in [0.1, 0.15) is 11.6 Å². The number of amides is 1. The first kappa shape index (κ1) is 21.7. The van der Waals surface area contributed by atoms with Crippen molar-refractivity contribution in [1.82, 2.24) is 9.78 Å². The van der Waals surface area contributed by atoms with Gasteiger partial charge in [0, 0.05) is 18.2 Å². The van der Waals surface area contributed by atoms with E-state index in [9.17, 15) is 18.0 Å². The fourth-order valence-corrected chi connectivity index (χ4v) is 3.88. The summed E-state index contributed by atoms with van der Waals surface area (Å²) >= 11 is 0. The van der Waals surface area contributed by atoms with Crippen LogP contribution in [0.15, 0.2) is 48.5 Å². The highest BCUT2D eigenvalue weighted by molar-refractivity contribution is 6.03. The number of nitrogens with zero attached hydrogens (tertiary/aromatic N) is 2. The van der Waals surface area contributed by atoms with Gasteiger partial charge in [0.15, 0.2) is 11.7 Å². The fourth-order valence-electron chi connectivity index (χ4n) is 3.88. The summed E-state index contributed by atoms with van der Waals surface area (Å²) in [6, 6.07) is 11.3. The lowest BCUT2D eigenvalue weighted by Crippen LogP contribution is -2.35. The molecule has 2 aromatic carbocycles. The van der Waals surface area contributed by atoms with Crippen LogP contribution in [0, 0.1) is 13.8 Å². The molecule has 1 aliphatic heterocycles. The van der Waals surface area contributed by atoms with Crippen LogP contribution in [0.25, 0.3) is 0 Å². The SMILES string of the molecule is COc1ccc([C@@H]2C[C@@H](C(F)(F)F)n3nc(C(=O)Nc4ccc(C)cc4C)cc3N2)cc1. The number of halogens is 3. The van der Waals surface area contributed by atoms with Crippen LogP contribution in [0.1, 0.15) is 45.7 Å². The smallest absolute Gasteiger partial charge is 0.410 e. The molecule has 0 radical (unpaired) electrons. The highest BCUT2D eigenvalue weighted by Gasteiger charge is 2.46. The molecule has 2 N–H and O–H groups in total. The third-order valence-corrected chi connectivity index (χ3v) is 5.57. The molecule has 2 atom stereocenters. The maximum atomic E-state index is 13.9. The van der Waals surface area contributed by atoms with Gasteiger partial charge in [0.05, 0.1) is 13.2 Å². The van der Waals surface area contributed by atoms with E-state index in [0.717, 1.165) is 15.8 Å². The van der Waals surface area contributed by atoms with E-state index in [1.807, 2.05) is 26.0 Å². The number of alkyl halides is 3. The highest BCUT2D eigenvalue weighted by atomic mass is 19.4. The van der Waals surface area contributed by atoms with Crippen molar-refractivity contribution in [3.63, 3.8) is 0 Å². The van der Waals surface area contributed by atoms with Gasteiger partial charge in [-0.1, -0.05) is 29.8 Å². The summed E-state index contributed by atoms with van der Waals surface area (Å²) < 4.78 is 47.6. The third-order valence-electron chi connectivity index (χ3n) is 5.57. The van der Waals surface area contributed by atoms with Crippen LogP contribution in [0.5, 0.6) is 5.75 Å². The number of fused-ring (bicyclic) bond motifs is 1. The summed E-state index contributed by atoms with van der Waals surface area (Å²) in [5.74, 6) is 0.195. The molecule has 0 saturated carbocycles. The molecule has 168 valence electrons. The zero-order valence-corrected chi connectivity index (χ0v) is 17.8. The van der Waals surface area contributed by atoms with Gasteiger partial charge in [0.2, 0.25) is 0 Å². The van der Waals surface area contributed by atoms with Crippen molar-refractivity contribution >= 4 is 17.4 Å². The molecule has 32 heavy (non-hydrogen) atoms. The second-order valence-corrected chi connectivity index (χ2v) is 7.90. The highest BCUT2D eigenvalue weighted by Crippen LogP contribution is 2.43. The largest absolute Gasteiger partial charge is 0.497 e. The van der Waals surface area contributed by atoms with Crippen molar-refractivity contribution in [2.24, 2.45) is 0 Å². The molecule has 0 aliphatic carbocycles. The van der Waals surface area contributed by atoms with Crippen LogP contribution >= 0.6 is 0 Å². The second-order valence-electron chi connectivity index (χ2n) is 7.90. The van der Waals surface area contributed by atoms with Crippen LogP contribution in [0.3, 0.4) is 0 Å². The Kier molecular flexibility index (Phi) is 5.58. The number of rotatable bonds is 4. The zero-order chi connectivity index (χ0) is 23.0. The van der Waals surface area contributed by atoms with E-state index in [2.05, 4.69) is 15.7 Å². The average molecular weight is 444 g/mol. The van der Waals surface area contributed by atoms with Gasteiger partial charge in [-0.05, 0) is 43.2 Å². The minimum Gasteiger partial charge on any atom is -0.497 e. The van der Waals surface area contributed by atoms with E-state index in [4.69, 9.17) is 4.74 Å². The van der Waals surface area contributed by atoms with Crippen molar-refractivity contribution in [2.45, 2.75) is 38.5 Å². The Morgan fingerprint density at radius 2 is 1.88 bits per heavy atom. The molecule has 1 aromatic heterocycles. The number of hydrogen-bond acceptors (Lipinski definition) is 4. The Balaban J connectivity index is 1.63. The van der Waals surface area contributed by atoms with Crippen LogP contribution in [0.4, 0.5) is 24.7 Å². The lowest BCUT2D eigenvalue weighted by molar-refractivity contribution is -0.173. The molecule has 0 bridgehead atoms. The molecular weight excluding hydrogens is 421 g/mol. The lowest BCUT2D eigenvalue weighted by Gasteiger charge is -2.33. The molecule has 6 nitrogen and oxygen atoms in total. The van der Waals surface area contributed by atoms with Crippen molar-refractivity contribution < 1.29 is 22.7 Å². The Bertz CT molecular complexity index is 1140. The second kappa shape index (κ2) is 8.22. The molecule has 2 heterocycles. The Hall–Kier alpha value is -3.49. The minimum absolute atomic E-state index is 0.0860. The summed E-state index contributed by atoms with van der Waals surface area (Å²) in [5, 5.41) is 9.82. The van der Waals surface area contributed by atoms with Gasteiger partial charge < -0.3 is 15.4 Å². The average Bonchev–Trinajstić information content (AvgIpc) is 3.18. The van der Waals surface area contributed by atoms with Gasteiger partial charge in [-0.15, -0.1) is 0 Å². The maximum Gasteiger partial charge on any atom is 0.410 e. The molecule has 1 amide bonds. The predicted molar refractivity (Wildman–Crippen MR) is 115 cm³/mol. The van der Waals surface area contributed by atoms with Crippen LogP contribution < -0.4 is 15.4 Å². The number of anilines is 2. The molecule has 0 saturated heterocycles. The van der Waals surface area contributed by atoms with Crippen molar-refractivity contribution in [3.05, 3.63) is 70.9 Å². The summed E-state index contributed by atoms with van der Waals surface area (Å²) in [5.41, 5.74) is 3.09. The minimum atomic E-state index is -4.52. The van der Waals surface area contributed by atoms with Crippen LogP contribution in [-0.4, -0.2) is 29.0 Å². The number of aryl methyl sites for hydroxylation is 2. The summed E-state index contributed by atoms with van der Waals surface area (Å²) in [6.45, 7) is 3.78. The van der Waals surface area contributed by atoms with Gasteiger partial charge in [-0.3, -0.25) is 4.79 Å². The number of hydrogen-bond donors (Lipinski definition) is 2. The van der Waals surface area contributed by atoms with E-state index in [1.54, 1.807) is 30.3 Å². The first-order valence-corrected chi connectivity index (χ1v) is 10.1. The fraction of sp³-hybridized carbons (Fsp3) is 0.304. The van der Waals surface area contributed by atoms with Crippen molar-refractivity contribution in [1.29, 1.82) is 0 Å². The van der Waals surface area contributed by atoms with E-state index in [0.29, 0.717) is 17.0 Å². The number of carbonyl (C=O) groups excluding carboxylic acids is 1. The van der Waals surface area contributed by atoms with Crippen LogP contribution in [0.2, 0.25) is 0 Å². The van der Waals surface area contributed by atoms with Gasteiger partial charge in [-0.2, -0.15) is 18.3 Å². The molecule has 0 spiro atoms. The normalized spacial score (nSPS) is 17.9.